The van der Waals surface area contributed by atoms with Crippen molar-refractivity contribution in [3.8, 4) is 6.07 Å². The molecule has 0 aliphatic heterocycles. The minimum Gasteiger partial charge on any atom is -0.363 e. The van der Waals surface area contributed by atoms with Crippen molar-refractivity contribution in [1.82, 2.24) is 25.1 Å². The Labute approximate surface area is 263 Å². The summed E-state index contributed by atoms with van der Waals surface area (Å²) in [6.45, 7) is 7.44. The molecular formula is C33H41F3N6OS. The second-order valence-electron chi connectivity index (χ2n) is 11.0. The molecule has 3 aromatic rings. The van der Waals surface area contributed by atoms with Crippen molar-refractivity contribution in [1.29, 1.82) is 5.26 Å². The summed E-state index contributed by atoms with van der Waals surface area (Å²) < 4.78 is 43.4. The van der Waals surface area contributed by atoms with Crippen molar-refractivity contribution in [2.75, 3.05) is 13.1 Å². The quantitative estimate of drug-likeness (QED) is 0.149. The fraction of sp³-hybridized carbons (Fsp3) is 0.455. The van der Waals surface area contributed by atoms with Gasteiger partial charge in [0.1, 0.15) is 0 Å². The fourth-order valence-corrected chi connectivity index (χ4v) is 5.11. The minimum absolute atomic E-state index is 0.0331. The molecule has 11 heteroatoms. The van der Waals surface area contributed by atoms with E-state index in [1.165, 1.54) is 12.1 Å². The highest BCUT2D eigenvalue weighted by Gasteiger charge is 2.34. The van der Waals surface area contributed by atoms with Crippen LogP contribution < -0.4 is 10.6 Å². The number of rotatable bonds is 15. The van der Waals surface area contributed by atoms with Crippen LogP contribution in [0, 0.1) is 17.2 Å². The third kappa shape index (κ3) is 10.4. The largest absolute Gasteiger partial charge is 0.416 e. The molecule has 1 amide bonds. The number of halogens is 3. The van der Waals surface area contributed by atoms with E-state index in [4.69, 9.17) is 17.5 Å². The first kappa shape index (κ1) is 34.6. The Balaban J connectivity index is 1.77. The van der Waals surface area contributed by atoms with Crippen molar-refractivity contribution in [3.05, 3.63) is 89.0 Å². The summed E-state index contributed by atoms with van der Waals surface area (Å²) in [4.78, 5) is 19.3. The first-order valence-corrected chi connectivity index (χ1v) is 15.4. The van der Waals surface area contributed by atoms with Gasteiger partial charge in [-0.3, -0.25) is 4.79 Å². The number of nitriles is 1. The molecule has 0 bridgehead atoms. The molecule has 2 N–H and O–H groups in total. The molecule has 44 heavy (non-hydrogen) atoms. The normalized spacial score (nSPS) is 12.7. The predicted octanol–water partition coefficient (Wildman–Crippen LogP) is 6.46. The number of unbranched alkanes of at least 4 members (excludes halogenated alkanes) is 2. The van der Waals surface area contributed by atoms with Crippen LogP contribution in [0.5, 0.6) is 0 Å². The third-order valence-corrected chi connectivity index (χ3v) is 8.10. The number of carbonyl (C=O) groups is 1. The molecule has 3 rings (SSSR count). The van der Waals surface area contributed by atoms with E-state index in [1.807, 2.05) is 30.5 Å². The van der Waals surface area contributed by atoms with Gasteiger partial charge < -0.3 is 20.1 Å². The van der Waals surface area contributed by atoms with E-state index in [0.717, 1.165) is 43.0 Å². The summed E-state index contributed by atoms with van der Waals surface area (Å²) in [5.41, 5.74) is 1.69. The van der Waals surface area contributed by atoms with E-state index >= 15 is 0 Å². The maximum absolute atomic E-state index is 13.8. The average Bonchev–Trinajstić information content (AvgIpc) is 3.43. The van der Waals surface area contributed by atoms with Gasteiger partial charge in [-0.25, -0.2) is 4.98 Å². The van der Waals surface area contributed by atoms with Gasteiger partial charge in [0.25, 0.3) is 0 Å². The van der Waals surface area contributed by atoms with Crippen LogP contribution in [0.4, 0.5) is 13.2 Å². The molecule has 0 saturated heterocycles. The molecule has 1 aromatic heterocycles. The highest BCUT2D eigenvalue weighted by molar-refractivity contribution is 7.80. The van der Waals surface area contributed by atoms with Gasteiger partial charge in [0.05, 0.1) is 29.9 Å². The number of aromatic nitrogens is 2. The van der Waals surface area contributed by atoms with E-state index in [0.29, 0.717) is 23.8 Å². The van der Waals surface area contributed by atoms with E-state index in [9.17, 15) is 18.0 Å². The SMILES string of the molecule is CCCCCNC(=S)N(Cc1ccccc1C(F)(F)F)C[C@@H](NC(=O)Cc1cncn1Cc1ccc(C#N)cc1)[C@@H](C)CC. The summed E-state index contributed by atoms with van der Waals surface area (Å²) in [5, 5.41) is 15.8. The van der Waals surface area contributed by atoms with Gasteiger partial charge >= 0.3 is 6.18 Å². The standard InChI is InChI=1S/C33H41F3N6OS/c1-4-6-9-16-39-32(44)41(21-27-10-7-8-11-29(27)33(34,35)36)22-30(24(3)5-2)40-31(43)17-28-19-38-23-42(28)20-26-14-12-25(18-37)13-15-26/h7-8,10-15,19,23-24,30H,4-6,9,16-17,20-22H2,1-3H3,(H,39,44)(H,40,43)/t24-,30+/m0/s1. The molecular weight excluding hydrogens is 585 g/mol. The van der Waals surface area contributed by atoms with Crippen LogP contribution in [0.3, 0.4) is 0 Å². The predicted molar refractivity (Wildman–Crippen MR) is 170 cm³/mol. The van der Waals surface area contributed by atoms with Crippen LogP contribution >= 0.6 is 12.2 Å². The summed E-state index contributed by atoms with van der Waals surface area (Å²) in [6.07, 6.45) is 2.60. The van der Waals surface area contributed by atoms with Crippen LogP contribution in [0.1, 0.15) is 74.4 Å². The molecule has 1 heterocycles. The summed E-state index contributed by atoms with van der Waals surface area (Å²) in [7, 11) is 0. The Morgan fingerprint density at radius 2 is 1.86 bits per heavy atom. The molecule has 0 aliphatic carbocycles. The lowest BCUT2D eigenvalue weighted by Gasteiger charge is -2.34. The molecule has 0 spiro atoms. The molecule has 0 unspecified atom stereocenters. The van der Waals surface area contributed by atoms with Gasteiger partial charge in [-0.2, -0.15) is 18.4 Å². The summed E-state index contributed by atoms with van der Waals surface area (Å²) in [6, 6.07) is 14.5. The zero-order valence-electron chi connectivity index (χ0n) is 25.5. The van der Waals surface area contributed by atoms with Crippen molar-refractivity contribution in [3.63, 3.8) is 0 Å². The molecule has 236 valence electrons. The third-order valence-electron chi connectivity index (χ3n) is 7.70. The van der Waals surface area contributed by atoms with Crippen LogP contribution in [-0.4, -0.2) is 44.6 Å². The number of carbonyl (C=O) groups excluding carboxylic acids is 1. The minimum atomic E-state index is -4.50. The molecule has 2 aromatic carbocycles. The molecule has 2 atom stereocenters. The van der Waals surface area contributed by atoms with Gasteiger partial charge in [0.2, 0.25) is 5.91 Å². The number of thiocarbonyl (C=S) groups is 1. The van der Waals surface area contributed by atoms with Crippen LogP contribution in [-0.2, 0) is 30.5 Å². The molecule has 0 fully saturated rings. The van der Waals surface area contributed by atoms with Crippen LogP contribution in [0.25, 0.3) is 0 Å². The van der Waals surface area contributed by atoms with Gasteiger partial charge in [0, 0.05) is 44.1 Å². The smallest absolute Gasteiger partial charge is 0.363 e. The lowest BCUT2D eigenvalue weighted by Crippen LogP contribution is -2.51. The zero-order chi connectivity index (χ0) is 32.1. The average molecular weight is 627 g/mol. The highest BCUT2D eigenvalue weighted by atomic mass is 32.1. The van der Waals surface area contributed by atoms with Gasteiger partial charge in [0.15, 0.2) is 5.11 Å². The topological polar surface area (TPSA) is 86.0 Å². The van der Waals surface area contributed by atoms with E-state index < -0.39 is 11.7 Å². The number of nitrogens with one attached hydrogen (secondary N) is 2. The van der Waals surface area contributed by atoms with E-state index in [1.54, 1.807) is 35.6 Å². The Bertz CT molecular complexity index is 1400. The Hall–Kier alpha value is -3.91. The molecule has 0 saturated carbocycles. The number of amides is 1. The van der Waals surface area contributed by atoms with E-state index in [-0.39, 0.29) is 42.9 Å². The Kier molecular flexibility index (Phi) is 13.2. The zero-order valence-corrected chi connectivity index (χ0v) is 26.3. The van der Waals surface area contributed by atoms with Crippen molar-refractivity contribution in [2.45, 2.75) is 78.2 Å². The Morgan fingerprint density at radius 1 is 1.14 bits per heavy atom. The van der Waals surface area contributed by atoms with Crippen LogP contribution in [0.2, 0.25) is 0 Å². The molecule has 0 aliphatic rings. The fourth-order valence-electron chi connectivity index (χ4n) is 4.87. The van der Waals surface area contributed by atoms with Crippen molar-refractivity contribution < 1.29 is 18.0 Å². The van der Waals surface area contributed by atoms with E-state index in [2.05, 4.69) is 28.6 Å². The number of benzene rings is 2. The maximum atomic E-state index is 13.8. The summed E-state index contributed by atoms with van der Waals surface area (Å²) >= 11 is 5.70. The lowest BCUT2D eigenvalue weighted by molar-refractivity contribution is -0.138. The van der Waals surface area contributed by atoms with Gasteiger partial charge in [-0.1, -0.05) is 70.4 Å². The molecule has 7 nitrogen and oxygen atoms in total. The van der Waals surface area contributed by atoms with Crippen LogP contribution in [0.15, 0.2) is 61.1 Å². The number of hydrogen-bond acceptors (Lipinski definition) is 4. The number of alkyl halides is 3. The monoisotopic (exact) mass is 626 g/mol. The highest BCUT2D eigenvalue weighted by Crippen LogP contribution is 2.32. The van der Waals surface area contributed by atoms with Crippen molar-refractivity contribution >= 4 is 23.2 Å². The Morgan fingerprint density at radius 3 is 2.52 bits per heavy atom. The van der Waals surface area contributed by atoms with Gasteiger partial charge in [-0.05, 0) is 53.9 Å². The van der Waals surface area contributed by atoms with Gasteiger partial charge in [-0.15, -0.1) is 0 Å². The number of nitrogens with zero attached hydrogens (tertiary/aromatic N) is 4. The first-order chi connectivity index (χ1) is 21.0. The van der Waals surface area contributed by atoms with Crippen molar-refractivity contribution in [2.24, 2.45) is 5.92 Å². The molecule has 0 radical (unpaired) electrons. The second-order valence-corrected chi connectivity index (χ2v) is 11.4. The maximum Gasteiger partial charge on any atom is 0.416 e. The summed E-state index contributed by atoms with van der Waals surface area (Å²) in [5.74, 6) is -0.180. The first-order valence-electron chi connectivity index (χ1n) is 15.0. The lowest BCUT2D eigenvalue weighted by atomic mass is 9.97. The number of hydrogen-bond donors (Lipinski definition) is 2. The second kappa shape index (κ2) is 16.8. The number of imidazole rings is 1.